The monoisotopic (exact) mass is 529 g/mol. The van der Waals surface area contributed by atoms with Crippen LogP contribution in [0, 0.1) is 12.8 Å². The first-order valence-corrected chi connectivity index (χ1v) is 13.4. The zero-order valence-corrected chi connectivity index (χ0v) is 22.8. The molecule has 2 aromatic carbocycles. The highest BCUT2D eigenvalue weighted by atomic mass is 16.3. The molecule has 204 valence electrons. The molecule has 5 rings (SSSR count). The van der Waals surface area contributed by atoms with E-state index in [0.29, 0.717) is 18.7 Å². The molecule has 9 nitrogen and oxygen atoms in total. The number of imidazole rings is 1. The highest BCUT2D eigenvalue weighted by Gasteiger charge is 2.45. The summed E-state index contributed by atoms with van der Waals surface area (Å²) in [6.07, 6.45) is 1.14. The first-order chi connectivity index (χ1) is 18.7. The first-order valence-electron chi connectivity index (χ1n) is 13.4. The van der Waals surface area contributed by atoms with Gasteiger partial charge in [-0.15, -0.1) is 0 Å². The van der Waals surface area contributed by atoms with E-state index in [1.54, 1.807) is 17.3 Å². The van der Waals surface area contributed by atoms with Gasteiger partial charge in [-0.1, -0.05) is 56.3 Å². The van der Waals surface area contributed by atoms with Crippen molar-refractivity contribution in [1.82, 2.24) is 24.7 Å². The molecule has 1 saturated heterocycles. The van der Waals surface area contributed by atoms with Gasteiger partial charge in [0.2, 0.25) is 11.8 Å². The van der Waals surface area contributed by atoms with Crippen molar-refractivity contribution < 1.29 is 19.5 Å². The van der Waals surface area contributed by atoms with Crippen LogP contribution in [-0.4, -0.2) is 66.9 Å². The lowest BCUT2D eigenvalue weighted by molar-refractivity contribution is -0.143. The molecule has 2 aliphatic rings. The quantitative estimate of drug-likeness (QED) is 0.489. The van der Waals surface area contributed by atoms with Gasteiger partial charge in [-0.3, -0.25) is 14.4 Å². The molecule has 9 heteroatoms. The van der Waals surface area contributed by atoms with Crippen molar-refractivity contribution in [1.29, 1.82) is 0 Å². The van der Waals surface area contributed by atoms with Crippen LogP contribution in [0.5, 0.6) is 0 Å². The number of carbonyl (C=O) groups excluding carboxylic acids is 3. The highest BCUT2D eigenvalue weighted by molar-refractivity contribution is 6.01. The normalized spacial score (nSPS) is 19.5. The molecule has 0 radical (unpaired) electrons. The highest BCUT2D eigenvalue weighted by Crippen LogP contribution is 2.30. The molecule has 3 atom stereocenters. The Morgan fingerprint density at radius 1 is 1.13 bits per heavy atom. The van der Waals surface area contributed by atoms with E-state index in [0.717, 1.165) is 28.1 Å². The van der Waals surface area contributed by atoms with Crippen LogP contribution in [0.3, 0.4) is 0 Å². The van der Waals surface area contributed by atoms with Gasteiger partial charge in [-0.25, -0.2) is 4.98 Å². The number of aliphatic hydroxyl groups is 1. The Morgan fingerprint density at radius 2 is 1.85 bits per heavy atom. The van der Waals surface area contributed by atoms with Gasteiger partial charge in [0.25, 0.3) is 5.91 Å². The predicted octanol–water partition coefficient (Wildman–Crippen LogP) is 2.65. The van der Waals surface area contributed by atoms with E-state index in [1.165, 1.54) is 4.90 Å². The third kappa shape index (κ3) is 5.06. The number of rotatable bonds is 7. The fourth-order valence-electron chi connectivity index (χ4n) is 5.62. The van der Waals surface area contributed by atoms with Crippen LogP contribution >= 0.6 is 0 Å². The summed E-state index contributed by atoms with van der Waals surface area (Å²) < 4.78 is 1.97. The summed E-state index contributed by atoms with van der Waals surface area (Å²) in [6, 6.07) is 13.7. The summed E-state index contributed by atoms with van der Waals surface area (Å²) in [4.78, 5) is 47.8. The molecular weight excluding hydrogens is 494 g/mol. The van der Waals surface area contributed by atoms with Crippen LogP contribution in [0.25, 0.3) is 11.3 Å². The molecule has 39 heavy (non-hydrogen) atoms. The zero-order chi connectivity index (χ0) is 27.8. The van der Waals surface area contributed by atoms with Crippen LogP contribution in [0.2, 0.25) is 0 Å². The fourth-order valence-corrected chi connectivity index (χ4v) is 5.62. The van der Waals surface area contributed by atoms with E-state index in [9.17, 15) is 19.5 Å². The van der Waals surface area contributed by atoms with Crippen LogP contribution in [0.1, 0.15) is 47.4 Å². The molecular formula is C30H35N5O4. The fraction of sp³-hybridized carbons (Fsp3) is 0.400. The maximum atomic E-state index is 13.8. The SMILES string of the molecule is Cc1c(-c2ccc(CNC(=O)[C@@H]3C[C@@H](O)CN3C(=O)[C@H](C(C)C)N3Cc4ccccc4C3=O)cc2)ncn1C. The number of hydrogen-bond donors (Lipinski definition) is 2. The number of amides is 3. The zero-order valence-electron chi connectivity index (χ0n) is 22.8. The van der Waals surface area contributed by atoms with Crippen LogP contribution in [0.4, 0.5) is 0 Å². The van der Waals surface area contributed by atoms with Gasteiger partial charge in [0.1, 0.15) is 12.1 Å². The number of carbonyl (C=O) groups is 3. The van der Waals surface area contributed by atoms with E-state index in [1.807, 2.05) is 74.9 Å². The smallest absolute Gasteiger partial charge is 0.255 e. The molecule has 0 aliphatic carbocycles. The van der Waals surface area contributed by atoms with Crippen molar-refractivity contribution in [2.24, 2.45) is 13.0 Å². The lowest BCUT2D eigenvalue weighted by Gasteiger charge is -2.35. The number of likely N-dealkylation sites (tertiary alicyclic amines) is 1. The summed E-state index contributed by atoms with van der Waals surface area (Å²) >= 11 is 0. The Hall–Kier alpha value is -3.98. The minimum atomic E-state index is -0.802. The van der Waals surface area contributed by atoms with Gasteiger partial charge in [0, 0.05) is 49.9 Å². The van der Waals surface area contributed by atoms with E-state index in [2.05, 4.69) is 10.3 Å². The lowest BCUT2D eigenvalue weighted by atomic mass is 10.0. The van der Waals surface area contributed by atoms with Crippen LogP contribution < -0.4 is 5.32 Å². The average Bonchev–Trinajstić information content (AvgIpc) is 3.58. The van der Waals surface area contributed by atoms with Gasteiger partial charge in [-0.2, -0.15) is 0 Å². The molecule has 3 aromatic rings. The molecule has 0 unspecified atom stereocenters. The standard InChI is InChI=1S/C30H35N5O4/c1-18(2)27(35-15-22-7-5-6-8-24(22)29(35)38)30(39)34-16-23(36)13-25(34)28(37)31-14-20-9-11-21(12-10-20)26-19(3)33(4)17-32-26/h5-12,17-18,23,25,27,36H,13-16H2,1-4H3,(H,31,37)/t23-,25+,27+/m1/s1. The summed E-state index contributed by atoms with van der Waals surface area (Å²) in [6.45, 7) is 6.52. The van der Waals surface area contributed by atoms with Gasteiger partial charge >= 0.3 is 0 Å². The maximum Gasteiger partial charge on any atom is 0.255 e. The molecule has 3 amide bonds. The van der Waals surface area contributed by atoms with E-state index in [-0.39, 0.29) is 36.6 Å². The topological polar surface area (TPSA) is 108 Å². The van der Waals surface area contributed by atoms with Crippen molar-refractivity contribution in [3.05, 3.63) is 77.2 Å². The second-order valence-corrected chi connectivity index (χ2v) is 10.9. The van der Waals surface area contributed by atoms with Gasteiger partial charge < -0.3 is 24.8 Å². The van der Waals surface area contributed by atoms with Gasteiger partial charge in [0.05, 0.1) is 18.1 Å². The number of β-amino-alcohol motifs (C(OH)–C–C–N with tert-alkyl or cyclic N) is 1. The Morgan fingerprint density at radius 3 is 2.49 bits per heavy atom. The lowest BCUT2D eigenvalue weighted by Crippen LogP contribution is -2.55. The third-order valence-electron chi connectivity index (χ3n) is 7.86. The average molecular weight is 530 g/mol. The minimum Gasteiger partial charge on any atom is -0.391 e. The molecule has 0 bridgehead atoms. The molecule has 0 saturated carbocycles. The third-order valence-corrected chi connectivity index (χ3v) is 7.86. The summed E-state index contributed by atoms with van der Waals surface area (Å²) in [5.74, 6) is -0.970. The second kappa shape index (κ2) is 10.6. The van der Waals surface area contributed by atoms with Crippen molar-refractivity contribution >= 4 is 17.7 Å². The number of nitrogens with one attached hydrogen (secondary N) is 1. The van der Waals surface area contributed by atoms with Crippen LogP contribution in [-0.2, 0) is 29.7 Å². The number of aromatic nitrogens is 2. The van der Waals surface area contributed by atoms with Crippen molar-refractivity contribution in [2.45, 2.75) is 58.5 Å². The Bertz CT molecular complexity index is 1400. The number of aryl methyl sites for hydroxylation is 1. The van der Waals surface area contributed by atoms with Gasteiger partial charge in [0.15, 0.2) is 0 Å². The molecule has 3 heterocycles. The van der Waals surface area contributed by atoms with Crippen molar-refractivity contribution in [3.63, 3.8) is 0 Å². The Balaban J connectivity index is 1.27. The molecule has 2 aliphatic heterocycles. The number of fused-ring (bicyclic) bond motifs is 1. The Kier molecular flexibility index (Phi) is 7.27. The second-order valence-electron chi connectivity index (χ2n) is 10.9. The molecule has 0 spiro atoms. The molecule has 2 N–H and O–H groups in total. The van der Waals surface area contributed by atoms with Crippen molar-refractivity contribution in [2.75, 3.05) is 6.54 Å². The summed E-state index contributed by atoms with van der Waals surface area (Å²) in [7, 11) is 1.95. The van der Waals surface area contributed by atoms with Crippen LogP contribution in [0.15, 0.2) is 54.9 Å². The number of hydrogen-bond acceptors (Lipinski definition) is 5. The van der Waals surface area contributed by atoms with E-state index in [4.69, 9.17) is 0 Å². The first kappa shape index (κ1) is 26.6. The molecule has 1 fully saturated rings. The van der Waals surface area contributed by atoms with Crippen molar-refractivity contribution in [3.8, 4) is 11.3 Å². The number of aliphatic hydroxyl groups excluding tert-OH is 1. The van der Waals surface area contributed by atoms with E-state index >= 15 is 0 Å². The van der Waals surface area contributed by atoms with E-state index < -0.39 is 18.2 Å². The Labute approximate surface area is 228 Å². The minimum absolute atomic E-state index is 0.0627. The predicted molar refractivity (Wildman–Crippen MR) is 146 cm³/mol. The summed E-state index contributed by atoms with van der Waals surface area (Å²) in [5.41, 5.74) is 5.40. The largest absolute Gasteiger partial charge is 0.391 e. The number of benzene rings is 2. The van der Waals surface area contributed by atoms with Gasteiger partial charge in [-0.05, 0) is 30.0 Å². The number of nitrogens with zero attached hydrogens (tertiary/aromatic N) is 4. The maximum absolute atomic E-state index is 13.8. The molecule has 1 aromatic heterocycles. The summed E-state index contributed by atoms with van der Waals surface area (Å²) in [5, 5.41) is 13.4.